The highest BCUT2D eigenvalue weighted by atomic mass is 16.7. The van der Waals surface area contributed by atoms with Crippen LogP contribution in [0.4, 0.5) is 0 Å². The average Bonchev–Trinajstić information content (AvgIpc) is 2.96. The number of carbonyl (C=O) groups is 1. The van der Waals surface area contributed by atoms with Crippen LogP contribution in [0.5, 0.6) is 5.75 Å². The zero-order chi connectivity index (χ0) is 21.4. The summed E-state index contributed by atoms with van der Waals surface area (Å²) in [6, 6.07) is 8.05. The topological polar surface area (TPSA) is 48.0 Å². The second kappa shape index (κ2) is 8.54. The van der Waals surface area contributed by atoms with Crippen LogP contribution in [-0.2, 0) is 14.1 Å². The third-order valence-corrected chi connectivity index (χ3v) is 7.42. The number of nitrogens with zero attached hydrogens (tertiary/aromatic N) is 1. The molecular formula is C24H36BNO4. The van der Waals surface area contributed by atoms with Gasteiger partial charge in [0.1, 0.15) is 11.9 Å². The SMILES string of the molecule is CC1(C)OB(c2ccc(OC3CCN(C(=O)C4CCCCC4)CC3)cc2)OC1(C)C. The summed E-state index contributed by atoms with van der Waals surface area (Å²) >= 11 is 0. The monoisotopic (exact) mass is 413 g/mol. The maximum Gasteiger partial charge on any atom is 0.494 e. The van der Waals surface area contributed by atoms with E-state index in [2.05, 4.69) is 32.6 Å². The van der Waals surface area contributed by atoms with Gasteiger partial charge in [-0.1, -0.05) is 31.4 Å². The van der Waals surface area contributed by atoms with E-state index in [0.29, 0.717) is 5.91 Å². The van der Waals surface area contributed by atoms with E-state index in [-0.39, 0.29) is 30.3 Å². The van der Waals surface area contributed by atoms with Crippen LogP contribution in [0, 0.1) is 5.92 Å². The first-order valence-electron chi connectivity index (χ1n) is 11.7. The first-order chi connectivity index (χ1) is 14.2. The number of carbonyl (C=O) groups excluding carboxylic acids is 1. The van der Waals surface area contributed by atoms with Crippen molar-refractivity contribution in [1.29, 1.82) is 0 Å². The molecule has 164 valence electrons. The van der Waals surface area contributed by atoms with Crippen molar-refractivity contribution in [3.8, 4) is 5.75 Å². The zero-order valence-corrected chi connectivity index (χ0v) is 19.0. The molecule has 1 amide bonds. The van der Waals surface area contributed by atoms with E-state index in [1.54, 1.807) is 0 Å². The number of hydrogen-bond donors (Lipinski definition) is 0. The zero-order valence-electron chi connectivity index (χ0n) is 19.0. The summed E-state index contributed by atoms with van der Waals surface area (Å²) in [7, 11) is -0.349. The molecule has 1 aromatic rings. The molecule has 0 bridgehead atoms. The molecule has 30 heavy (non-hydrogen) atoms. The Bertz CT molecular complexity index is 718. The van der Waals surface area contributed by atoms with Crippen LogP contribution in [-0.4, -0.2) is 48.3 Å². The standard InChI is InChI=1S/C24H36BNO4/c1-23(2)24(3,4)30-25(29-23)19-10-12-20(13-11-19)28-21-14-16-26(17-15-21)22(27)18-8-6-5-7-9-18/h10-13,18,21H,5-9,14-17H2,1-4H3. The van der Waals surface area contributed by atoms with Crippen molar-refractivity contribution in [3.05, 3.63) is 24.3 Å². The molecule has 2 aliphatic heterocycles. The minimum absolute atomic E-state index is 0.170. The largest absolute Gasteiger partial charge is 0.494 e. The van der Waals surface area contributed by atoms with Crippen molar-refractivity contribution >= 4 is 18.5 Å². The molecule has 0 atom stereocenters. The number of hydrogen-bond acceptors (Lipinski definition) is 4. The fourth-order valence-corrected chi connectivity index (χ4v) is 4.68. The Labute approximate surface area is 181 Å². The van der Waals surface area contributed by atoms with Gasteiger partial charge in [0.25, 0.3) is 0 Å². The fourth-order valence-electron chi connectivity index (χ4n) is 4.68. The highest BCUT2D eigenvalue weighted by Crippen LogP contribution is 2.36. The molecule has 4 rings (SSSR count). The molecule has 0 radical (unpaired) electrons. The van der Waals surface area contributed by atoms with Crippen LogP contribution in [0.1, 0.15) is 72.6 Å². The molecule has 2 heterocycles. The molecule has 3 aliphatic rings. The lowest BCUT2D eigenvalue weighted by Gasteiger charge is -2.35. The Morgan fingerprint density at radius 3 is 2.07 bits per heavy atom. The number of rotatable bonds is 4. The molecule has 1 saturated carbocycles. The summed E-state index contributed by atoms with van der Waals surface area (Å²) in [6.07, 6.45) is 7.81. The molecule has 3 fully saturated rings. The van der Waals surface area contributed by atoms with Gasteiger partial charge in [-0.25, -0.2) is 0 Å². The van der Waals surface area contributed by atoms with E-state index < -0.39 is 0 Å². The van der Waals surface area contributed by atoms with Crippen molar-refractivity contribution in [2.24, 2.45) is 5.92 Å². The van der Waals surface area contributed by atoms with Gasteiger partial charge in [0, 0.05) is 31.8 Å². The van der Waals surface area contributed by atoms with E-state index in [0.717, 1.165) is 50.0 Å². The summed E-state index contributed by atoms with van der Waals surface area (Å²) in [5.41, 5.74) is 0.333. The average molecular weight is 413 g/mol. The third kappa shape index (κ3) is 4.55. The van der Waals surface area contributed by atoms with E-state index in [1.807, 2.05) is 24.3 Å². The van der Waals surface area contributed by atoms with E-state index in [9.17, 15) is 4.79 Å². The summed E-state index contributed by atoms with van der Waals surface area (Å²) in [4.78, 5) is 14.8. The van der Waals surface area contributed by atoms with E-state index in [4.69, 9.17) is 14.0 Å². The van der Waals surface area contributed by atoms with Crippen LogP contribution in [0.2, 0.25) is 0 Å². The minimum Gasteiger partial charge on any atom is -0.490 e. The molecular weight excluding hydrogens is 377 g/mol. The molecule has 1 aliphatic carbocycles. The van der Waals surface area contributed by atoms with Crippen LogP contribution in [0.3, 0.4) is 0 Å². The lowest BCUT2D eigenvalue weighted by molar-refractivity contribution is -0.138. The van der Waals surface area contributed by atoms with Crippen LogP contribution >= 0.6 is 0 Å². The molecule has 0 N–H and O–H groups in total. The second-order valence-electron chi connectivity index (χ2n) is 10.1. The predicted octanol–water partition coefficient (Wildman–Crippen LogP) is 3.94. The molecule has 0 unspecified atom stereocenters. The highest BCUT2D eigenvalue weighted by molar-refractivity contribution is 6.62. The summed E-state index contributed by atoms with van der Waals surface area (Å²) < 4.78 is 18.5. The van der Waals surface area contributed by atoms with Gasteiger partial charge in [-0.05, 0) is 58.1 Å². The Kier molecular flexibility index (Phi) is 6.18. The van der Waals surface area contributed by atoms with Gasteiger partial charge < -0.3 is 18.9 Å². The maximum atomic E-state index is 12.7. The molecule has 6 heteroatoms. The van der Waals surface area contributed by atoms with Crippen LogP contribution < -0.4 is 10.2 Å². The maximum absolute atomic E-state index is 12.7. The third-order valence-electron chi connectivity index (χ3n) is 7.42. The molecule has 0 aromatic heterocycles. The van der Waals surface area contributed by atoms with Gasteiger partial charge in [0.15, 0.2) is 0 Å². The summed E-state index contributed by atoms with van der Waals surface area (Å²) in [6.45, 7) is 9.88. The van der Waals surface area contributed by atoms with Crippen molar-refractivity contribution in [3.63, 3.8) is 0 Å². The van der Waals surface area contributed by atoms with E-state index >= 15 is 0 Å². The first kappa shape index (κ1) is 21.7. The fraction of sp³-hybridized carbons (Fsp3) is 0.708. The summed E-state index contributed by atoms with van der Waals surface area (Å²) in [5.74, 6) is 1.51. The normalized spacial score (nSPS) is 24.8. The number of piperidine rings is 1. The van der Waals surface area contributed by atoms with Gasteiger partial charge in [-0.2, -0.15) is 0 Å². The second-order valence-corrected chi connectivity index (χ2v) is 10.1. The molecule has 1 aromatic carbocycles. The lowest BCUT2D eigenvalue weighted by atomic mass is 9.79. The number of ether oxygens (including phenoxy) is 1. The first-order valence-corrected chi connectivity index (χ1v) is 11.7. The van der Waals surface area contributed by atoms with Gasteiger partial charge in [-0.15, -0.1) is 0 Å². The molecule has 0 spiro atoms. The van der Waals surface area contributed by atoms with Gasteiger partial charge in [0.2, 0.25) is 5.91 Å². The van der Waals surface area contributed by atoms with E-state index in [1.165, 1.54) is 19.3 Å². The number of likely N-dealkylation sites (tertiary alicyclic amines) is 1. The van der Waals surface area contributed by atoms with Crippen molar-refractivity contribution in [2.45, 2.75) is 89.9 Å². The highest BCUT2D eigenvalue weighted by Gasteiger charge is 2.51. The van der Waals surface area contributed by atoms with Crippen LogP contribution in [0.25, 0.3) is 0 Å². The molecule has 2 saturated heterocycles. The lowest BCUT2D eigenvalue weighted by Crippen LogP contribution is -2.44. The van der Waals surface area contributed by atoms with Crippen molar-refractivity contribution in [2.75, 3.05) is 13.1 Å². The van der Waals surface area contributed by atoms with Crippen molar-refractivity contribution in [1.82, 2.24) is 4.90 Å². The van der Waals surface area contributed by atoms with Crippen LogP contribution in [0.15, 0.2) is 24.3 Å². The van der Waals surface area contributed by atoms with Crippen molar-refractivity contribution < 1.29 is 18.8 Å². The van der Waals surface area contributed by atoms with Gasteiger partial charge >= 0.3 is 7.12 Å². The van der Waals surface area contributed by atoms with Gasteiger partial charge in [-0.3, -0.25) is 4.79 Å². The Balaban J connectivity index is 1.27. The smallest absolute Gasteiger partial charge is 0.490 e. The Morgan fingerprint density at radius 1 is 0.933 bits per heavy atom. The molecule has 5 nitrogen and oxygen atoms in total. The number of amides is 1. The number of benzene rings is 1. The summed E-state index contributed by atoms with van der Waals surface area (Å²) in [5, 5.41) is 0. The quantitative estimate of drug-likeness (QED) is 0.702. The predicted molar refractivity (Wildman–Crippen MR) is 119 cm³/mol. The Hall–Kier alpha value is -1.53. The Morgan fingerprint density at radius 2 is 1.50 bits per heavy atom. The van der Waals surface area contributed by atoms with Gasteiger partial charge in [0.05, 0.1) is 11.2 Å². The minimum atomic E-state index is -0.349.